The van der Waals surface area contributed by atoms with Crippen LogP contribution in [-0.2, 0) is 28.6 Å². The van der Waals surface area contributed by atoms with Gasteiger partial charge in [0.15, 0.2) is 5.78 Å². The van der Waals surface area contributed by atoms with Crippen LogP contribution in [0.15, 0.2) is 23.3 Å². The Labute approximate surface area is 228 Å². The standard InChI is InChI=1S/C30H40O9/c1-13-11-20(38-26(35)14(13)2)29(6,36)25-23(34)24(37-15(3)31)22-16-12-21-30(39-21)19(33)8-7-18(32)28(30,5)17(16)9-10-27(22,25)4/h7-8,16-17,19-25,33-34,36H,9-12H2,1-6H3/t16-,17+,19+,20?,21-,22-,23-,24?,25+,27+,28+,29+,30-/m1/s1. The number of hydrogen-bond donors (Lipinski definition) is 3. The molecule has 39 heavy (non-hydrogen) atoms. The van der Waals surface area contributed by atoms with Gasteiger partial charge in [-0.15, -0.1) is 0 Å². The van der Waals surface area contributed by atoms with Crippen LogP contribution >= 0.6 is 0 Å². The quantitative estimate of drug-likeness (QED) is 0.359. The summed E-state index contributed by atoms with van der Waals surface area (Å²) in [7, 11) is 0. The third-order valence-corrected chi connectivity index (χ3v) is 11.9. The van der Waals surface area contributed by atoms with Gasteiger partial charge in [-0.25, -0.2) is 4.79 Å². The van der Waals surface area contributed by atoms with Gasteiger partial charge in [0.1, 0.15) is 29.5 Å². The topological polar surface area (TPSA) is 143 Å². The molecule has 2 unspecified atom stereocenters. The average molecular weight is 545 g/mol. The normalized spacial score (nSPS) is 51.7. The van der Waals surface area contributed by atoms with Crippen molar-refractivity contribution in [2.24, 2.45) is 34.5 Å². The maximum atomic E-state index is 13.5. The Morgan fingerprint density at radius 3 is 2.54 bits per heavy atom. The van der Waals surface area contributed by atoms with E-state index in [9.17, 15) is 29.7 Å². The van der Waals surface area contributed by atoms with Gasteiger partial charge in [-0.05, 0) is 76.4 Å². The lowest BCUT2D eigenvalue weighted by Crippen LogP contribution is -2.64. The number of ether oxygens (including phenoxy) is 3. The molecule has 0 aromatic heterocycles. The highest BCUT2D eigenvalue weighted by atomic mass is 16.6. The van der Waals surface area contributed by atoms with E-state index in [-0.39, 0.29) is 29.6 Å². The smallest absolute Gasteiger partial charge is 0.334 e. The largest absolute Gasteiger partial charge is 0.459 e. The first kappa shape index (κ1) is 27.1. The van der Waals surface area contributed by atoms with Crippen LogP contribution in [0, 0.1) is 34.5 Å². The number of carbonyl (C=O) groups excluding carboxylic acids is 3. The Morgan fingerprint density at radius 2 is 1.90 bits per heavy atom. The third kappa shape index (κ3) is 3.24. The molecule has 214 valence electrons. The summed E-state index contributed by atoms with van der Waals surface area (Å²) in [5.74, 6) is -2.57. The highest BCUT2D eigenvalue weighted by Gasteiger charge is 2.82. The molecule has 13 atom stereocenters. The lowest BCUT2D eigenvalue weighted by molar-refractivity contribution is -0.193. The molecule has 0 aromatic rings. The summed E-state index contributed by atoms with van der Waals surface area (Å²) in [5, 5.41) is 34.9. The minimum absolute atomic E-state index is 0.0773. The Morgan fingerprint density at radius 1 is 1.21 bits per heavy atom. The van der Waals surface area contributed by atoms with Crippen molar-refractivity contribution in [3.63, 3.8) is 0 Å². The third-order valence-electron chi connectivity index (χ3n) is 11.9. The molecule has 2 aliphatic heterocycles. The van der Waals surface area contributed by atoms with E-state index in [4.69, 9.17) is 14.2 Å². The van der Waals surface area contributed by atoms with Crippen LogP contribution in [0.2, 0.25) is 0 Å². The van der Waals surface area contributed by atoms with Crippen LogP contribution in [0.3, 0.4) is 0 Å². The van der Waals surface area contributed by atoms with E-state index < -0.39 is 64.3 Å². The summed E-state index contributed by atoms with van der Waals surface area (Å²) in [6.45, 7) is 10.4. The highest BCUT2D eigenvalue weighted by Crippen LogP contribution is 2.73. The average Bonchev–Trinajstić information content (AvgIpc) is 3.53. The number of aliphatic hydroxyl groups excluding tert-OH is 2. The van der Waals surface area contributed by atoms with Crippen LogP contribution in [0.1, 0.15) is 67.2 Å². The van der Waals surface area contributed by atoms with Gasteiger partial charge in [0.2, 0.25) is 0 Å². The molecular weight excluding hydrogens is 504 g/mol. The number of epoxide rings is 1. The van der Waals surface area contributed by atoms with Gasteiger partial charge in [-0.1, -0.05) is 12.5 Å². The molecule has 0 radical (unpaired) electrons. The number of aliphatic hydroxyl groups is 3. The maximum Gasteiger partial charge on any atom is 0.334 e. The summed E-state index contributed by atoms with van der Waals surface area (Å²) in [6.07, 6.45) is 0.829. The van der Waals surface area contributed by atoms with Gasteiger partial charge < -0.3 is 29.5 Å². The first-order chi connectivity index (χ1) is 18.1. The van der Waals surface area contributed by atoms with Crippen molar-refractivity contribution in [2.75, 3.05) is 0 Å². The van der Waals surface area contributed by atoms with E-state index in [1.807, 2.05) is 20.8 Å². The Kier molecular flexibility index (Phi) is 5.73. The number of fused-ring (bicyclic) bond motifs is 4. The van der Waals surface area contributed by atoms with E-state index in [0.29, 0.717) is 31.3 Å². The molecule has 3 saturated carbocycles. The lowest BCUT2D eigenvalue weighted by Gasteiger charge is -2.58. The molecule has 1 saturated heterocycles. The fraction of sp³-hybridized carbons (Fsp3) is 0.767. The molecule has 9 heteroatoms. The minimum Gasteiger partial charge on any atom is -0.459 e. The van der Waals surface area contributed by atoms with Crippen LogP contribution in [-0.4, -0.2) is 74.8 Å². The number of carbonyl (C=O) groups is 3. The van der Waals surface area contributed by atoms with Gasteiger partial charge in [0, 0.05) is 30.8 Å². The summed E-state index contributed by atoms with van der Waals surface area (Å²) < 4.78 is 17.7. The number of cyclic esters (lactones) is 1. The van der Waals surface area contributed by atoms with Crippen molar-refractivity contribution in [1.82, 2.24) is 0 Å². The van der Waals surface area contributed by atoms with Gasteiger partial charge in [0.25, 0.3) is 0 Å². The molecule has 0 aromatic carbocycles. The zero-order chi connectivity index (χ0) is 28.4. The van der Waals surface area contributed by atoms with Crippen molar-refractivity contribution >= 4 is 17.7 Å². The van der Waals surface area contributed by atoms with Crippen molar-refractivity contribution in [3.8, 4) is 0 Å². The van der Waals surface area contributed by atoms with E-state index in [1.165, 1.54) is 19.1 Å². The summed E-state index contributed by atoms with van der Waals surface area (Å²) >= 11 is 0. The summed E-state index contributed by atoms with van der Waals surface area (Å²) in [4.78, 5) is 38.4. The van der Waals surface area contributed by atoms with Crippen molar-refractivity contribution in [2.45, 2.75) is 109 Å². The van der Waals surface area contributed by atoms with Crippen LogP contribution in [0.25, 0.3) is 0 Å². The summed E-state index contributed by atoms with van der Waals surface area (Å²) in [6, 6.07) is 0. The van der Waals surface area contributed by atoms with Crippen molar-refractivity contribution in [1.29, 1.82) is 0 Å². The highest BCUT2D eigenvalue weighted by molar-refractivity contribution is 5.98. The zero-order valence-electron chi connectivity index (χ0n) is 23.5. The number of rotatable bonds is 3. The van der Waals surface area contributed by atoms with Gasteiger partial charge >= 0.3 is 11.9 Å². The SMILES string of the molecule is CC(=O)OC1[C@@H](O)[C@H]([C@@](C)(O)C2CC(C)=C(C)C(=O)O2)[C@@]2(C)CC[C@H]3[C@@H](C[C@H]4O[C@]45[C@@H](O)C=CC(=O)[C@]35C)[C@H]12. The van der Waals surface area contributed by atoms with E-state index in [2.05, 4.69) is 0 Å². The van der Waals surface area contributed by atoms with Crippen molar-refractivity contribution < 1.29 is 43.9 Å². The van der Waals surface area contributed by atoms with E-state index in [0.717, 1.165) is 5.57 Å². The first-order valence-electron chi connectivity index (χ1n) is 14.2. The van der Waals surface area contributed by atoms with E-state index >= 15 is 0 Å². The molecule has 0 amide bonds. The Balaban J connectivity index is 1.42. The predicted octanol–water partition coefficient (Wildman–Crippen LogP) is 2.01. The first-order valence-corrected chi connectivity index (χ1v) is 14.2. The predicted molar refractivity (Wildman–Crippen MR) is 137 cm³/mol. The van der Waals surface area contributed by atoms with Gasteiger partial charge in [-0.2, -0.15) is 0 Å². The second-order valence-corrected chi connectivity index (χ2v) is 13.6. The van der Waals surface area contributed by atoms with E-state index in [1.54, 1.807) is 13.8 Å². The Hall–Kier alpha value is -2.07. The fourth-order valence-electron chi connectivity index (χ4n) is 9.98. The van der Waals surface area contributed by atoms with Crippen LogP contribution in [0.5, 0.6) is 0 Å². The molecule has 0 bridgehead atoms. The minimum atomic E-state index is -1.62. The lowest BCUT2D eigenvalue weighted by atomic mass is 9.44. The van der Waals surface area contributed by atoms with Crippen molar-refractivity contribution in [3.05, 3.63) is 23.3 Å². The molecule has 2 heterocycles. The molecule has 1 spiro atoms. The van der Waals surface area contributed by atoms with Gasteiger partial charge in [-0.3, -0.25) is 9.59 Å². The number of ketones is 1. The molecule has 3 N–H and O–H groups in total. The number of hydrogen-bond acceptors (Lipinski definition) is 9. The fourth-order valence-corrected chi connectivity index (χ4v) is 9.98. The molecule has 4 aliphatic carbocycles. The van der Waals surface area contributed by atoms with Crippen LogP contribution in [0.4, 0.5) is 0 Å². The molecule has 6 aliphatic rings. The second-order valence-electron chi connectivity index (χ2n) is 13.6. The molecule has 4 fully saturated rings. The summed E-state index contributed by atoms with van der Waals surface area (Å²) in [5.41, 5.74) is -2.88. The zero-order valence-corrected chi connectivity index (χ0v) is 23.5. The molecular formula is C30H40O9. The number of allylic oxidation sites excluding steroid dienone is 1. The Bertz CT molecular complexity index is 1200. The van der Waals surface area contributed by atoms with Crippen LogP contribution < -0.4 is 0 Å². The van der Waals surface area contributed by atoms with Gasteiger partial charge in [0.05, 0.1) is 17.6 Å². The molecule has 6 rings (SSSR count). The second kappa shape index (κ2) is 8.24. The monoisotopic (exact) mass is 544 g/mol. The molecule has 9 nitrogen and oxygen atoms in total. The number of esters is 2. The maximum absolute atomic E-state index is 13.5.